The number of nitrogens with zero attached hydrogens (tertiary/aromatic N) is 2. The topological polar surface area (TPSA) is 89.1 Å². The van der Waals surface area contributed by atoms with E-state index in [0.29, 0.717) is 39.2 Å². The van der Waals surface area contributed by atoms with E-state index in [1.807, 2.05) is 12.1 Å². The monoisotopic (exact) mass is 352 g/mol. The van der Waals surface area contributed by atoms with Gasteiger partial charge in [-0.3, -0.25) is 0 Å². The number of nitrogens with one attached hydrogen (secondary N) is 2. The molecule has 26 heavy (non-hydrogen) atoms. The van der Waals surface area contributed by atoms with Crippen LogP contribution in [0.15, 0.2) is 41.6 Å². The van der Waals surface area contributed by atoms with Crippen molar-refractivity contribution < 1.29 is 18.7 Å². The Hall–Kier alpha value is -3.42. The molecule has 3 heterocycles. The zero-order chi connectivity index (χ0) is 17.8. The van der Waals surface area contributed by atoms with Crippen molar-refractivity contribution in [3.63, 3.8) is 0 Å². The maximum Gasteiger partial charge on any atom is 0.337 e. The number of carbonyl (C=O) groups excluding carboxylic acids is 1. The Morgan fingerprint density at radius 3 is 2.96 bits per heavy atom. The highest BCUT2D eigenvalue weighted by Gasteiger charge is 2.41. The number of H-pyrrole nitrogens is 1. The molecule has 2 aliphatic rings. The summed E-state index contributed by atoms with van der Waals surface area (Å²) in [5, 5.41) is 14.1. The fourth-order valence-electron chi connectivity index (χ4n) is 3.63. The molecular weight excluding hydrogens is 339 g/mol. The van der Waals surface area contributed by atoms with Crippen LogP contribution in [0.3, 0.4) is 0 Å². The summed E-state index contributed by atoms with van der Waals surface area (Å²) in [5.74, 6) is -1.16. The van der Waals surface area contributed by atoms with Gasteiger partial charge in [0.2, 0.25) is 0 Å². The second-order valence-corrected chi connectivity index (χ2v) is 6.13. The molecule has 0 radical (unpaired) electrons. The molecule has 7 nitrogen and oxygen atoms in total. The molecule has 2 aromatic carbocycles. The third-order valence-corrected chi connectivity index (χ3v) is 4.80. The lowest BCUT2D eigenvalue weighted by atomic mass is 9.80. The van der Waals surface area contributed by atoms with Crippen LogP contribution in [0.25, 0.3) is 11.0 Å². The number of benzene rings is 2. The largest absolute Gasteiger partial charge is 0.497 e. The maximum atomic E-state index is 14.9. The number of halogens is 1. The van der Waals surface area contributed by atoms with Crippen LogP contribution >= 0.6 is 0 Å². The molecule has 0 fully saturated rings. The Bertz CT molecular complexity index is 1110. The number of cyclic esters (lactones) is 1. The number of hydrogen-bond acceptors (Lipinski definition) is 6. The summed E-state index contributed by atoms with van der Waals surface area (Å²) in [5.41, 5.74) is 4.07. The highest BCUT2D eigenvalue weighted by atomic mass is 19.1. The lowest BCUT2D eigenvalue weighted by Crippen LogP contribution is -2.21. The molecule has 1 atom stereocenters. The molecule has 2 aliphatic heterocycles. The first-order valence-corrected chi connectivity index (χ1v) is 8.01. The van der Waals surface area contributed by atoms with Crippen molar-refractivity contribution in [1.82, 2.24) is 15.4 Å². The molecule has 0 aliphatic carbocycles. The van der Waals surface area contributed by atoms with E-state index in [0.717, 1.165) is 5.69 Å². The predicted molar refractivity (Wildman–Crippen MR) is 90.3 cm³/mol. The molecule has 0 saturated carbocycles. The van der Waals surface area contributed by atoms with Crippen molar-refractivity contribution in [2.45, 2.75) is 5.92 Å². The molecule has 5 rings (SSSR count). The van der Waals surface area contributed by atoms with Gasteiger partial charge in [-0.05, 0) is 18.2 Å². The molecule has 1 aromatic heterocycles. The van der Waals surface area contributed by atoms with Crippen LogP contribution in [0.2, 0.25) is 0 Å². The molecular formula is C18H13FN4O3. The van der Waals surface area contributed by atoms with Gasteiger partial charge in [0, 0.05) is 22.9 Å². The summed E-state index contributed by atoms with van der Waals surface area (Å²) >= 11 is 0. The number of anilines is 1. The van der Waals surface area contributed by atoms with Crippen molar-refractivity contribution in [2.75, 3.05) is 19.0 Å². The second-order valence-electron chi connectivity index (χ2n) is 6.13. The van der Waals surface area contributed by atoms with Gasteiger partial charge in [-0.25, -0.2) is 9.18 Å². The van der Waals surface area contributed by atoms with Gasteiger partial charge in [-0.2, -0.15) is 15.4 Å². The summed E-state index contributed by atoms with van der Waals surface area (Å²) in [4.78, 5) is 12.4. The first-order chi connectivity index (χ1) is 12.7. The number of rotatable bonds is 2. The minimum atomic E-state index is -0.643. The molecule has 2 N–H and O–H groups in total. The van der Waals surface area contributed by atoms with E-state index < -0.39 is 17.7 Å². The van der Waals surface area contributed by atoms with Gasteiger partial charge >= 0.3 is 5.97 Å². The average Bonchev–Trinajstić information content (AvgIpc) is 3.27. The Morgan fingerprint density at radius 2 is 2.15 bits per heavy atom. The number of aromatic nitrogens is 3. The van der Waals surface area contributed by atoms with Gasteiger partial charge in [-0.1, -0.05) is 6.07 Å². The normalized spacial score (nSPS) is 18.4. The van der Waals surface area contributed by atoms with Gasteiger partial charge in [0.05, 0.1) is 24.3 Å². The minimum absolute atomic E-state index is 0.138. The first-order valence-electron chi connectivity index (χ1n) is 8.01. The standard InChI is InChI=1S/C18H13FN4O3/c1-25-8-2-3-9(10(19)6-8)14-15-11(4-5-12-17(15)22-23-21-12)20-13-7-26-18(24)16(13)14/h2-6,14,20H,7H2,1H3,(H,21,22,23)/t14-/m1/s1. The average molecular weight is 352 g/mol. The van der Waals surface area contributed by atoms with Crippen LogP contribution < -0.4 is 10.1 Å². The third-order valence-electron chi connectivity index (χ3n) is 4.80. The number of carbonyl (C=O) groups is 1. The van der Waals surface area contributed by atoms with Crippen LogP contribution in [0.1, 0.15) is 17.0 Å². The van der Waals surface area contributed by atoms with Crippen LogP contribution in [-0.2, 0) is 9.53 Å². The highest BCUT2D eigenvalue weighted by molar-refractivity contribution is 6.00. The quantitative estimate of drug-likeness (QED) is 0.689. The lowest BCUT2D eigenvalue weighted by Gasteiger charge is -2.27. The number of hydrogen-bond donors (Lipinski definition) is 2. The van der Waals surface area contributed by atoms with Gasteiger partial charge in [0.25, 0.3) is 0 Å². The number of methoxy groups -OCH3 is 1. The fraction of sp³-hybridized carbons (Fsp3) is 0.167. The van der Waals surface area contributed by atoms with E-state index in [9.17, 15) is 9.18 Å². The van der Waals surface area contributed by atoms with Crippen LogP contribution in [0.5, 0.6) is 5.75 Å². The second kappa shape index (κ2) is 5.29. The van der Waals surface area contributed by atoms with E-state index >= 15 is 0 Å². The van der Waals surface area contributed by atoms with E-state index in [-0.39, 0.29) is 6.61 Å². The van der Waals surface area contributed by atoms with Crippen molar-refractivity contribution in [2.24, 2.45) is 0 Å². The first kappa shape index (κ1) is 14.9. The Balaban J connectivity index is 1.81. The van der Waals surface area contributed by atoms with E-state index in [4.69, 9.17) is 9.47 Å². The number of fused-ring (bicyclic) bond motifs is 3. The summed E-state index contributed by atoms with van der Waals surface area (Å²) in [6.45, 7) is 0.138. The zero-order valence-electron chi connectivity index (χ0n) is 13.7. The van der Waals surface area contributed by atoms with Crippen molar-refractivity contribution in [3.05, 3.63) is 58.5 Å². The molecule has 0 saturated heterocycles. The van der Waals surface area contributed by atoms with E-state index in [1.54, 1.807) is 12.1 Å². The van der Waals surface area contributed by atoms with E-state index in [1.165, 1.54) is 13.2 Å². The highest BCUT2D eigenvalue weighted by Crippen LogP contribution is 2.47. The Morgan fingerprint density at radius 1 is 1.27 bits per heavy atom. The van der Waals surface area contributed by atoms with Crippen molar-refractivity contribution in [3.8, 4) is 5.75 Å². The fourth-order valence-corrected chi connectivity index (χ4v) is 3.63. The van der Waals surface area contributed by atoms with Crippen LogP contribution in [0.4, 0.5) is 10.1 Å². The molecule has 130 valence electrons. The smallest absolute Gasteiger partial charge is 0.337 e. The molecule has 3 aromatic rings. The summed E-state index contributed by atoms with van der Waals surface area (Å²) in [6, 6.07) is 8.27. The SMILES string of the molecule is COc1ccc([C@H]2C3=C(COC3=O)Nc3ccc4n[nH]nc4c32)c(F)c1. The number of esters is 1. The number of ether oxygens (including phenoxy) is 2. The summed E-state index contributed by atoms with van der Waals surface area (Å²) < 4.78 is 25.2. The lowest BCUT2D eigenvalue weighted by molar-refractivity contribution is -0.136. The molecule has 8 heteroatoms. The van der Waals surface area contributed by atoms with E-state index in [2.05, 4.69) is 20.7 Å². The van der Waals surface area contributed by atoms with Gasteiger partial charge < -0.3 is 14.8 Å². The Labute approximate surface area is 146 Å². The summed E-state index contributed by atoms with van der Waals surface area (Å²) in [6.07, 6.45) is 0. The van der Waals surface area contributed by atoms with Crippen molar-refractivity contribution in [1.29, 1.82) is 0 Å². The third kappa shape index (κ3) is 1.95. The Kier molecular flexibility index (Phi) is 3.03. The number of aromatic amines is 1. The molecule has 0 bridgehead atoms. The molecule has 0 amide bonds. The van der Waals surface area contributed by atoms with Crippen LogP contribution in [0, 0.1) is 5.82 Å². The van der Waals surface area contributed by atoms with Gasteiger partial charge in [0.15, 0.2) is 0 Å². The predicted octanol–water partition coefficient (Wildman–Crippen LogP) is 2.47. The van der Waals surface area contributed by atoms with Crippen molar-refractivity contribution >= 4 is 22.7 Å². The summed E-state index contributed by atoms with van der Waals surface area (Å²) in [7, 11) is 1.47. The minimum Gasteiger partial charge on any atom is -0.497 e. The molecule has 0 spiro atoms. The maximum absolute atomic E-state index is 14.9. The molecule has 0 unspecified atom stereocenters. The van der Waals surface area contributed by atoms with Crippen LogP contribution in [-0.4, -0.2) is 35.1 Å². The van der Waals surface area contributed by atoms with Gasteiger partial charge in [-0.15, -0.1) is 0 Å². The zero-order valence-corrected chi connectivity index (χ0v) is 13.7. The van der Waals surface area contributed by atoms with Gasteiger partial charge in [0.1, 0.15) is 29.2 Å².